The van der Waals surface area contributed by atoms with E-state index in [0.717, 1.165) is 12.0 Å². The van der Waals surface area contributed by atoms with Crippen LogP contribution < -0.4 is 11.1 Å². The van der Waals surface area contributed by atoms with Crippen LogP contribution in [0.2, 0.25) is 0 Å². The van der Waals surface area contributed by atoms with Gasteiger partial charge in [-0.15, -0.1) is 12.4 Å². The number of hydrogen-bond acceptors (Lipinski definition) is 3. The third-order valence-corrected chi connectivity index (χ3v) is 3.33. The Labute approximate surface area is 151 Å². The summed E-state index contributed by atoms with van der Waals surface area (Å²) in [7, 11) is 0. The lowest BCUT2D eigenvalue weighted by Crippen LogP contribution is -2.41. The first-order valence-electron chi connectivity index (χ1n) is 8.10. The van der Waals surface area contributed by atoms with Gasteiger partial charge in [0.25, 0.3) is 0 Å². The van der Waals surface area contributed by atoms with Gasteiger partial charge >= 0.3 is 0 Å². The number of halogens is 1. The van der Waals surface area contributed by atoms with Crippen molar-refractivity contribution in [1.82, 2.24) is 10.2 Å². The molecule has 0 saturated heterocycles. The van der Waals surface area contributed by atoms with Crippen molar-refractivity contribution >= 4 is 24.2 Å². The van der Waals surface area contributed by atoms with E-state index < -0.39 is 0 Å². The van der Waals surface area contributed by atoms with Crippen LogP contribution in [0.25, 0.3) is 0 Å². The summed E-state index contributed by atoms with van der Waals surface area (Å²) in [5, 5.41) is 2.72. The third kappa shape index (κ3) is 9.53. The van der Waals surface area contributed by atoms with Gasteiger partial charge in [0.05, 0.1) is 6.54 Å². The van der Waals surface area contributed by atoms with Gasteiger partial charge in [-0.05, 0) is 23.9 Å². The second-order valence-corrected chi connectivity index (χ2v) is 6.96. The fourth-order valence-electron chi connectivity index (χ4n) is 2.21. The van der Waals surface area contributed by atoms with Crippen LogP contribution in [0.3, 0.4) is 0 Å². The van der Waals surface area contributed by atoms with Crippen molar-refractivity contribution in [2.75, 3.05) is 19.6 Å². The second kappa shape index (κ2) is 11.0. The molecule has 0 aliphatic rings. The molecule has 0 aromatic heterocycles. The van der Waals surface area contributed by atoms with Gasteiger partial charge in [-0.3, -0.25) is 9.59 Å². The topological polar surface area (TPSA) is 75.4 Å². The molecule has 0 aliphatic heterocycles. The Bertz CT molecular complexity index is 501. The molecule has 0 saturated carbocycles. The Hall–Kier alpha value is -1.59. The van der Waals surface area contributed by atoms with Crippen LogP contribution in [-0.2, 0) is 16.1 Å². The number of hydrogen-bond donors (Lipinski definition) is 2. The molecule has 0 unspecified atom stereocenters. The summed E-state index contributed by atoms with van der Waals surface area (Å²) in [6.45, 7) is 7.70. The van der Waals surface area contributed by atoms with Crippen LogP contribution in [0, 0.1) is 5.41 Å². The summed E-state index contributed by atoms with van der Waals surface area (Å²) >= 11 is 0. The number of amides is 2. The van der Waals surface area contributed by atoms with E-state index in [0.29, 0.717) is 26.1 Å². The van der Waals surface area contributed by atoms with Crippen molar-refractivity contribution in [3.05, 3.63) is 35.9 Å². The highest BCUT2D eigenvalue weighted by Crippen LogP contribution is 2.17. The minimum atomic E-state index is -0.0932. The molecule has 0 atom stereocenters. The fraction of sp³-hybridized carbons (Fsp3) is 0.556. The van der Waals surface area contributed by atoms with Crippen LogP contribution in [0.1, 0.15) is 39.2 Å². The van der Waals surface area contributed by atoms with Crippen LogP contribution in [-0.4, -0.2) is 36.3 Å². The molecule has 0 heterocycles. The average molecular weight is 356 g/mol. The van der Waals surface area contributed by atoms with Crippen LogP contribution >= 0.6 is 12.4 Å². The number of carbonyl (C=O) groups excluding carboxylic acids is 2. The maximum atomic E-state index is 12.4. The molecule has 136 valence electrons. The van der Waals surface area contributed by atoms with Crippen molar-refractivity contribution in [3.8, 4) is 0 Å². The molecular weight excluding hydrogens is 326 g/mol. The van der Waals surface area contributed by atoms with Gasteiger partial charge in [0, 0.05) is 19.5 Å². The number of benzene rings is 1. The van der Waals surface area contributed by atoms with Gasteiger partial charge in [0.1, 0.15) is 0 Å². The summed E-state index contributed by atoms with van der Waals surface area (Å²) < 4.78 is 0. The number of nitrogens with two attached hydrogens (primary N) is 1. The standard InChI is InChI=1S/C18H29N3O2.ClH/c1-18(2,3)12-16(22)20-13-17(23)21(11-7-10-19)14-15-8-5-4-6-9-15;/h4-6,8-9H,7,10-14,19H2,1-3H3,(H,20,22);1H. The quantitative estimate of drug-likeness (QED) is 0.751. The number of carbonyl (C=O) groups is 2. The lowest BCUT2D eigenvalue weighted by atomic mass is 9.92. The molecule has 0 spiro atoms. The second-order valence-electron chi connectivity index (χ2n) is 6.96. The Kier molecular flexibility index (Phi) is 10.3. The predicted molar refractivity (Wildman–Crippen MR) is 99.9 cm³/mol. The number of nitrogens with one attached hydrogen (secondary N) is 1. The molecule has 0 bridgehead atoms. The monoisotopic (exact) mass is 355 g/mol. The highest BCUT2D eigenvalue weighted by molar-refractivity contribution is 5.85. The van der Waals surface area contributed by atoms with Gasteiger partial charge in [-0.25, -0.2) is 0 Å². The van der Waals surface area contributed by atoms with E-state index in [1.165, 1.54) is 0 Å². The molecule has 0 aliphatic carbocycles. The van der Waals surface area contributed by atoms with Gasteiger partial charge < -0.3 is 16.0 Å². The Morgan fingerprint density at radius 2 is 1.79 bits per heavy atom. The van der Waals surface area contributed by atoms with E-state index in [1.54, 1.807) is 4.90 Å². The maximum absolute atomic E-state index is 12.4. The predicted octanol–water partition coefficient (Wildman–Crippen LogP) is 2.34. The summed E-state index contributed by atoms with van der Waals surface area (Å²) in [5.74, 6) is -0.172. The molecule has 6 heteroatoms. The van der Waals surface area contributed by atoms with Crippen LogP contribution in [0.15, 0.2) is 30.3 Å². The zero-order valence-electron chi connectivity index (χ0n) is 14.9. The summed E-state index contributed by atoms with van der Waals surface area (Å²) in [6.07, 6.45) is 1.15. The first kappa shape index (κ1) is 22.4. The highest BCUT2D eigenvalue weighted by atomic mass is 35.5. The zero-order valence-corrected chi connectivity index (χ0v) is 15.7. The summed E-state index contributed by atoms with van der Waals surface area (Å²) in [5.41, 5.74) is 6.54. The van der Waals surface area contributed by atoms with E-state index >= 15 is 0 Å². The van der Waals surface area contributed by atoms with Crippen LogP contribution in [0.5, 0.6) is 0 Å². The third-order valence-electron chi connectivity index (χ3n) is 3.33. The van der Waals surface area contributed by atoms with E-state index in [-0.39, 0.29) is 36.2 Å². The smallest absolute Gasteiger partial charge is 0.242 e. The number of nitrogens with zero attached hydrogens (tertiary/aromatic N) is 1. The SMILES string of the molecule is CC(C)(C)CC(=O)NCC(=O)N(CCCN)Cc1ccccc1.Cl. The number of rotatable bonds is 8. The normalized spacial score (nSPS) is 10.7. The summed E-state index contributed by atoms with van der Waals surface area (Å²) in [6, 6.07) is 9.82. The van der Waals surface area contributed by atoms with Crippen molar-refractivity contribution < 1.29 is 9.59 Å². The largest absolute Gasteiger partial charge is 0.347 e. The molecule has 3 N–H and O–H groups in total. The molecular formula is C18H30ClN3O2. The van der Waals surface area contributed by atoms with Crippen molar-refractivity contribution in [2.45, 2.75) is 40.2 Å². The molecule has 1 aromatic carbocycles. The molecule has 0 radical (unpaired) electrons. The zero-order chi connectivity index (χ0) is 17.3. The fourth-order valence-corrected chi connectivity index (χ4v) is 2.21. The van der Waals surface area contributed by atoms with Gasteiger partial charge in [0.2, 0.25) is 11.8 Å². The van der Waals surface area contributed by atoms with E-state index in [2.05, 4.69) is 5.32 Å². The molecule has 24 heavy (non-hydrogen) atoms. The molecule has 5 nitrogen and oxygen atoms in total. The summed E-state index contributed by atoms with van der Waals surface area (Å²) in [4.78, 5) is 26.0. The van der Waals surface area contributed by atoms with E-state index in [4.69, 9.17) is 5.73 Å². The first-order chi connectivity index (χ1) is 10.8. The Morgan fingerprint density at radius 1 is 1.17 bits per heavy atom. The lowest BCUT2D eigenvalue weighted by Gasteiger charge is -2.23. The van der Waals surface area contributed by atoms with Gasteiger partial charge in [-0.2, -0.15) is 0 Å². The Balaban J connectivity index is 0.00000529. The molecule has 1 aromatic rings. The van der Waals surface area contributed by atoms with Crippen molar-refractivity contribution in [3.63, 3.8) is 0 Å². The van der Waals surface area contributed by atoms with Gasteiger partial charge in [0.15, 0.2) is 0 Å². The van der Waals surface area contributed by atoms with Crippen molar-refractivity contribution in [1.29, 1.82) is 0 Å². The molecule has 2 amide bonds. The van der Waals surface area contributed by atoms with Crippen LogP contribution in [0.4, 0.5) is 0 Å². The maximum Gasteiger partial charge on any atom is 0.242 e. The minimum absolute atomic E-state index is 0. The molecule has 0 fully saturated rings. The van der Waals surface area contributed by atoms with E-state index in [1.807, 2.05) is 51.1 Å². The van der Waals surface area contributed by atoms with Gasteiger partial charge in [-0.1, -0.05) is 51.1 Å². The molecule has 1 rings (SSSR count). The van der Waals surface area contributed by atoms with E-state index in [9.17, 15) is 9.59 Å². The Morgan fingerprint density at radius 3 is 2.33 bits per heavy atom. The minimum Gasteiger partial charge on any atom is -0.347 e. The average Bonchev–Trinajstić information content (AvgIpc) is 2.48. The van der Waals surface area contributed by atoms with Crippen molar-refractivity contribution in [2.24, 2.45) is 11.1 Å². The highest BCUT2D eigenvalue weighted by Gasteiger charge is 2.18. The first-order valence-corrected chi connectivity index (χ1v) is 8.10. The lowest BCUT2D eigenvalue weighted by molar-refractivity contribution is -0.133.